The minimum atomic E-state index is -0.565. The molecule has 3 nitrogen and oxygen atoms in total. The van der Waals surface area contributed by atoms with Crippen LogP contribution in [-0.2, 0) is 9.59 Å². The molecule has 1 atom stereocenters. The largest absolute Gasteiger partial charge is 0.369 e. The number of hydrogen-bond donors (Lipinski definition) is 1. The van der Waals surface area contributed by atoms with E-state index in [9.17, 15) is 9.59 Å². The molecule has 1 unspecified atom stereocenters. The lowest BCUT2D eigenvalue weighted by Gasteiger charge is -2.11. The van der Waals surface area contributed by atoms with Crippen molar-refractivity contribution in [1.29, 1.82) is 0 Å². The predicted molar refractivity (Wildman–Crippen MR) is 36.1 cm³/mol. The second-order valence-electron chi connectivity index (χ2n) is 2.33. The maximum atomic E-state index is 10.9. The molecule has 0 heterocycles. The van der Waals surface area contributed by atoms with Crippen molar-refractivity contribution in [2.75, 3.05) is 0 Å². The van der Waals surface area contributed by atoms with Crippen molar-refractivity contribution in [3.8, 4) is 0 Å². The summed E-state index contributed by atoms with van der Waals surface area (Å²) in [5, 5.41) is 0. The Morgan fingerprint density at radius 1 is 1.60 bits per heavy atom. The van der Waals surface area contributed by atoms with Crippen LogP contribution < -0.4 is 5.73 Å². The molecule has 0 saturated carbocycles. The topological polar surface area (TPSA) is 60.2 Å². The van der Waals surface area contributed by atoms with Crippen LogP contribution in [0.25, 0.3) is 0 Å². The van der Waals surface area contributed by atoms with Crippen LogP contribution >= 0.6 is 0 Å². The third-order valence-electron chi connectivity index (χ3n) is 1.59. The number of amides is 1. The Balaban J connectivity index is 2.68. The van der Waals surface area contributed by atoms with E-state index in [4.69, 9.17) is 5.73 Å². The molecule has 54 valence electrons. The number of Topliss-reactive ketones (excluding diaryl/α,β-unsaturated/α-hetero) is 1. The summed E-state index contributed by atoms with van der Waals surface area (Å²) >= 11 is 0. The molecule has 0 aromatic heterocycles. The first-order chi connectivity index (χ1) is 4.72. The van der Waals surface area contributed by atoms with Crippen LogP contribution in [-0.4, -0.2) is 11.7 Å². The molecule has 0 saturated heterocycles. The van der Waals surface area contributed by atoms with Crippen LogP contribution in [0.5, 0.6) is 0 Å². The zero-order valence-corrected chi connectivity index (χ0v) is 5.54. The van der Waals surface area contributed by atoms with E-state index in [1.54, 1.807) is 6.08 Å². The molecule has 3 heteroatoms. The molecule has 0 bridgehead atoms. The molecule has 0 spiro atoms. The van der Waals surface area contributed by atoms with Crippen molar-refractivity contribution >= 4 is 11.7 Å². The predicted octanol–water partition coefficient (Wildman–Crippen LogP) is 0.00700. The normalized spacial score (nSPS) is 24.8. The summed E-state index contributed by atoms with van der Waals surface area (Å²) in [4.78, 5) is 21.4. The van der Waals surface area contributed by atoms with Crippen molar-refractivity contribution in [1.82, 2.24) is 0 Å². The van der Waals surface area contributed by atoms with Gasteiger partial charge < -0.3 is 5.73 Å². The quantitative estimate of drug-likeness (QED) is 0.411. The summed E-state index contributed by atoms with van der Waals surface area (Å²) < 4.78 is 0. The Hall–Kier alpha value is -1.12. The Bertz CT molecular complexity index is 196. The Morgan fingerprint density at radius 2 is 2.30 bits per heavy atom. The molecule has 0 aliphatic heterocycles. The second-order valence-corrected chi connectivity index (χ2v) is 2.33. The fraction of sp³-hybridized carbons (Fsp3) is 0.429. The van der Waals surface area contributed by atoms with Crippen LogP contribution in [0.4, 0.5) is 0 Å². The minimum Gasteiger partial charge on any atom is -0.369 e. The lowest BCUT2D eigenvalue weighted by Crippen LogP contribution is -2.30. The van der Waals surface area contributed by atoms with E-state index >= 15 is 0 Å². The molecular weight excluding hydrogens is 130 g/mol. The van der Waals surface area contributed by atoms with Crippen LogP contribution in [0.3, 0.4) is 0 Å². The fourth-order valence-corrected chi connectivity index (χ4v) is 0.980. The van der Waals surface area contributed by atoms with Crippen molar-refractivity contribution < 1.29 is 9.59 Å². The summed E-state index contributed by atoms with van der Waals surface area (Å²) in [6.45, 7) is 0. The molecule has 2 N–H and O–H groups in total. The SMILES string of the molecule is NC(=O)C1CC=CCC1=O. The van der Waals surface area contributed by atoms with Gasteiger partial charge in [-0.1, -0.05) is 12.2 Å². The van der Waals surface area contributed by atoms with Gasteiger partial charge >= 0.3 is 0 Å². The minimum absolute atomic E-state index is 0.0602. The van der Waals surface area contributed by atoms with E-state index in [1.807, 2.05) is 6.08 Å². The second kappa shape index (κ2) is 2.64. The average Bonchev–Trinajstić information content (AvgIpc) is 1.88. The molecule has 1 amide bonds. The number of carbonyl (C=O) groups is 2. The lowest BCUT2D eigenvalue weighted by atomic mass is 9.93. The van der Waals surface area contributed by atoms with E-state index in [1.165, 1.54) is 0 Å². The molecule has 0 fully saturated rings. The van der Waals surface area contributed by atoms with Gasteiger partial charge in [0.2, 0.25) is 5.91 Å². The number of carbonyl (C=O) groups excluding carboxylic acids is 2. The molecule has 10 heavy (non-hydrogen) atoms. The summed E-state index contributed by atoms with van der Waals surface area (Å²) in [6, 6.07) is 0. The smallest absolute Gasteiger partial charge is 0.228 e. The first-order valence-corrected chi connectivity index (χ1v) is 3.19. The van der Waals surface area contributed by atoms with Crippen molar-refractivity contribution in [2.45, 2.75) is 12.8 Å². The third kappa shape index (κ3) is 1.23. The highest BCUT2D eigenvalue weighted by Crippen LogP contribution is 2.13. The van der Waals surface area contributed by atoms with Gasteiger partial charge in [-0.25, -0.2) is 0 Å². The van der Waals surface area contributed by atoms with E-state index < -0.39 is 11.8 Å². The van der Waals surface area contributed by atoms with E-state index in [0.29, 0.717) is 12.8 Å². The first kappa shape index (κ1) is 6.99. The van der Waals surface area contributed by atoms with Crippen molar-refractivity contribution in [2.24, 2.45) is 11.7 Å². The average molecular weight is 139 g/mol. The lowest BCUT2D eigenvalue weighted by molar-refractivity contribution is -0.131. The van der Waals surface area contributed by atoms with Gasteiger partial charge in [-0.05, 0) is 6.42 Å². The summed E-state index contributed by atoms with van der Waals surface area (Å²) in [6.07, 6.45) is 4.42. The van der Waals surface area contributed by atoms with Gasteiger partial charge in [-0.2, -0.15) is 0 Å². The first-order valence-electron chi connectivity index (χ1n) is 3.19. The zero-order chi connectivity index (χ0) is 7.56. The number of allylic oxidation sites excluding steroid dienone is 2. The molecule has 1 aliphatic rings. The van der Waals surface area contributed by atoms with Gasteiger partial charge in [0.15, 0.2) is 0 Å². The number of ketones is 1. The highest BCUT2D eigenvalue weighted by molar-refractivity contribution is 6.01. The molecule has 0 aromatic rings. The Kier molecular flexibility index (Phi) is 1.85. The summed E-state index contributed by atoms with van der Waals surface area (Å²) in [7, 11) is 0. The summed E-state index contributed by atoms with van der Waals surface area (Å²) in [5.74, 6) is -1.13. The van der Waals surface area contributed by atoms with Crippen molar-refractivity contribution in [3.63, 3.8) is 0 Å². The van der Waals surface area contributed by atoms with E-state index in [2.05, 4.69) is 0 Å². The van der Waals surface area contributed by atoms with E-state index in [-0.39, 0.29) is 5.78 Å². The molecule has 0 radical (unpaired) electrons. The number of primary amides is 1. The van der Waals surface area contributed by atoms with Gasteiger partial charge in [-0.15, -0.1) is 0 Å². The van der Waals surface area contributed by atoms with Crippen LogP contribution in [0.1, 0.15) is 12.8 Å². The zero-order valence-electron chi connectivity index (χ0n) is 5.54. The number of nitrogens with two attached hydrogens (primary N) is 1. The Morgan fingerprint density at radius 3 is 2.70 bits per heavy atom. The molecule has 1 aliphatic carbocycles. The standard InChI is InChI=1S/C7H9NO2/c8-7(10)5-3-1-2-4-6(5)9/h1-2,5H,3-4H2,(H2,8,10). The maximum Gasteiger partial charge on any atom is 0.228 e. The fourth-order valence-electron chi connectivity index (χ4n) is 0.980. The monoisotopic (exact) mass is 139 g/mol. The number of hydrogen-bond acceptors (Lipinski definition) is 2. The molecular formula is C7H9NO2. The van der Waals surface area contributed by atoms with Gasteiger partial charge in [0.25, 0.3) is 0 Å². The molecule has 1 rings (SSSR count). The van der Waals surface area contributed by atoms with Crippen LogP contribution in [0.2, 0.25) is 0 Å². The highest BCUT2D eigenvalue weighted by Gasteiger charge is 2.23. The van der Waals surface area contributed by atoms with Crippen LogP contribution in [0.15, 0.2) is 12.2 Å². The van der Waals surface area contributed by atoms with Crippen molar-refractivity contribution in [3.05, 3.63) is 12.2 Å². The Labute approximate surface area is 58.9 Å². The summed E-state index contributed by atoms with van der Waals surface area (Å²) in [5.41, 5.74) is 4.96. The maximum absolute atomic E-state index is 10.9. The highest BCUT2D eigenvalue weighted by atomic mass is 16.2. The third-order valence-corrected chi connectivity index (χ3v) is 1.59. The molecule has 0 aromatic carbocycles. The van der Waals surface area contributed by atoms with Gasteiger partial charge in [0.05, 0.1) is 5.92 Å². The van der Waals surface area contributed by atoms with E-state index in [0.717, 1.165) is 0 Å². The van der Waals surface area contributed by atoms with Gasteiger partial charge in [0.1, 0.15) is 5.78 Å². The number of rotatable bonds is 1. The van der Waals surface area contributed by atoms with Gasteiger partial charge in [-0.3, -0.25) is 9.59 Å². The van der Waals surface area contributed by atoms with Crippen LogP contribution in [0, 0.1) is 5.92 Å². The van der Waals surface area contributed by atoms with Gasteiger partial charge in [0, 0.05) is 6.42 Å².